The Hall–Kier alpha value is -1.68. The number of nitrogens with zero attached hydrogens (tertiary/aromatic N) is 1. The molecule has 0 bridgehead atoms. The number of rotatable bonds is 5. The van der Waals surface area contributed by atoms with Gasteiger partial charge in [0.2, 0.25) is 0 Å². The van der Waals surface area contributed by atoms with Crippen molar-refractivity contribution >= 4 is 17.3 Å². The van der Waals surface area contributed by atoms with Crippen LogP contribution in [0.1, 0.15) is 37.8 Å². The fraction of sp³-hybridized carbons (Fsp3) is 0.375. The van der Waals surface area contributed by atoms with E-state index in [2.05, 4.69) is 50.0 Å². The molecule has 0 aliphatic carbocycles. The summed E-state index contributed by atoms with van der Waals surface area (Å²) in [4.78, 5) is 15.0. The summed E-state index contributed by atoms with van der Waals surface area (Å²) < 4.78 is 0. The van der Waals surface area contributed by atoms with Gasteiger partial charge in [0.1, 0.15) is 5.01 Å². The molecule has 0 saturated carbocycles. The Balaban J connectivity index is 2.22. The molecule has 4 heteroatoms. The van der Waals surface area contributed by atoms with Crippen molar-refractivity contribution in [1.29, 1.82) is 0 Å². The molecule has 0 amide bonds. The molecule has 0 aliphatic rings. The van der Waals surface area contributed by atoms with Crippen molar-refractivity contribution in [2.24, 2.45) is 0 Å². The predicted octanol–water partition coefficient (Wildman–Crippen LogP) is 4.12. The smallest absolute Gasteiger partial charge is 0.310 e. The molecule has 0 radical (unpaired) electrons. The van der Waals surface area contributed by atoms with Crippen molar-refractivity contribution in [3.8, 4) is 11.3 Å². The molecule has 0 aliphatic heterocycles. The lowest BCUT2D eigenvalue weighted by Crippen LogP contribution is -2.14. The van der Waals surface area contributed by atoms with Crippen LogP contribution < -0.4 is 0 Å². The van der Waals surface area contributed by atoms with Gasteiger partial charge in [0.05, 0.1) is 12.1 Å². The van der Waals surface area contributed by atoms with E-state index < -0.39 is 5.97 Å². The Bertz CT molecular complexity index is 599. The number of hydrogen-bond donors (Lipinski definition) is 1. The van der Waals surface area contributed by atoms with Gasteiger partial charge in [-0.25, -0.2) is 4.98 Å². The highest BCUT2D eigenvalue weighted by atomic mass is 32.1. The van der Waals surface area contributed by atoms with E-state index in [1.165, 1.54) is 16.9 Å². The highest BCUT2D eigenvalue weighted by Crippen LogP contribution is 2.29. The largest absolute Gasteiger partial charge is 0.481 e. The first kappa shape index (κ1) is 14.7. The lowest BCUT2D eigenvalue weighted by atomic mass is 9.82. The van der Waals surface area contributed by atoms with Crippen molar-refractivity contribution in [2.75, 3.05) is 0 Å². The fourth-order valence-electron chi connectivity index (χ4n) is 1.95. The zero-order valence-corrected chi connectivity index (χ0v) is 12.8. The molecule has 0 spiro atoms. The van der Waals surface area contributed by atoms with Gasteiger partial charge in [-0.3, -0.25) is 4.79 Å². The summed E-state index contributed by atoms with van der Waals surface area (Å²) in [6.07, 6.45) is 1.08. The molecule has 20 heavy (non-hydrogen) atoms. The maximum atomic E-state index is 10.7. The molecular formula is C16H19NO2S. The van der Waals surface area contributed by atoms with E-state index in [0.29, 0.717) is 5.01 Å². The van der Waals surface area contributed by atoms with Crippen LogP contribution in [0.3, 0.4) is 0 Å². The zero-order valence-electron chi connectivity index (χ0n) is 12.0. The minimum absolute atomic E-state index is 0.00832. The summed E-state index contributed by atoms with van der Waals surface area (Å²) in [5.74, 6) is -0.842. The monoisotopic (exact) mass is 289 g/mol. The second kappa shape index (κ2) is 5.75. The Morgan fingerprint density at radius 1 is 1.30 bits per heavy atom. The molecule has 0 saturated heterocycles. The normalized spacial score (nSPS) is 11.6. The van der Waals surface area contributed by atoms with Crippen LogP contribution in [0.4, 0.5) is 0 Å². The van der Waals surface area contributed by atoms with Crippen molar-refractivity contribution in [3.05, 3.63) is 40.2 Å². The van der Waals surface area contributed by atoms with Crippen molar-refractivity contribution in [2.45, 2.75) is 39.0 Å². The SMILES string of the molecule is CCC(C)(C)c1ccc(-c2csc(CC(=O)O)n2)cc1. The van der Waals surface area contributed by atoms with E-state index in [9.17, 15) is 4.79 Å². The number of hydrogen-bond acceptors (Lipinski definition) is 3. The van der Waals surface area contributed by atoms with Gasteiger partial charge < -0.3 is 5.11 Å². The molecule has 0 unspecified atom stereocenters. The first-order chi connectivity index (χ1) is 9.42. The topological polar surface area (TPSA) is 50.2 Å². The third-order valence-electron chi connectivity index (χ3n) is 3.70. The number of carboxylic acids is 1. The van der Waals surface area contributed by atoms with Crippen LogP contribution in [0.25, 0.3) is 11.3 Å². The maximum Gasteiger partial charge on any atom is 0.310 e. The summed E-state index contributed by atoms with van der Waals surface area (Å²) in [6, 6.07) is 8.39. The van der Waals surface area contributed by atoms with Gasteiger partial charge in [-0.1, -0.05) is 45.0 Å². The quantitative estimate of drug-likeness (QED) is 0.900. The first-order valence-electron chi connectivity index (χ1n) is 6.69. The number of carbonyl (C=O) groups is 1. The molecule has 2 rings (SSSR count). The second-order valence-corrected chi connectivity index (χ2v) is 6.45. The molecule has 0 atom stereocenters. The molecule has 1 aromatic heterocycles. The number of thiazole rings is 1. The number of benzene rings is 1. The lowest BCUT2D eigenvalue weighted by Gasteiger charge is -2.23. The van der Waals surface area contributed by atoms with Gasteiger partial charge in [-0.2, -0.15) is 0 Å². The molecule has 0 fully saturated rings. The zero-order chi connectivity index (χ0) is 14.8. The number of aliphatic carboxylic acids is 1. The predicted molar refractivity (Wildman–Crippen MR) is 82.2 cm³/mol. The summed E-state index contributed by atoms with van der Waals surface area (Å²) >= 11 is 1.40. The van der Waals surface area contributed by atoms with Crippen LogP contribution in [0, 0.1) is 0 Å². The molecule has 106 valence electrons. The molecule has 3 nitrogen and oxygen atoms in total. The van der Waals surface area contributed by atoms with E-state index in [0.717, 1.165) is 17.7 Å². The van der Waals surface area contributed by atoms with Crippen LogP contribution in [-0.4, -0.2) is 16.1 Å². The summed E-state index contributed by atoms with van der Waals surface area (Å²) in [6.45, 7) is 6.65. The maximum absolute atomic E-state index is 10.7. The first-order valence-corrected chi connectivity index (χ1v) is 7.57. The lowest BCUT2D eigenvalue weighted by molar-refractivity contribution is -0.136. The molecule has 1 aromatic carbocycles. The van der Waals surface area contributed by atoms with Crippen molar-refractivity contribution < 1.29 is 9.90 Å². The third kappa shape index (κ3) is 3.25. The van der Waals surface area contributed by atoms with Crippen LogP contribution in [0.2, 0.25) is 0 Å². The molecule has 1 N–H and O–H groups in total. The Kier molecular flexibility index (Phi) is 4.23. The molecule has 2 aromatic rings. The minimum Gasteiger partial charge on any atom is -0.481 e. The van der Waals surface area contributed by atoms with E-state index in [1.54, 1.807) is 0 Å². The Labute approximate surface area is 123 Å². The minimum atomic E-state index is -0.842. The van der Waals surface area contributed by atoms with Crippen LogP contribution in [0.5, 0.6) is 0 Å². The standard InChI is InChI=1S/C16H19NO2S/c1-4-16(2,3)12-7-5-11(6-8-12)13-10-20-14(17-13)9-15(18)19/h5-8,10H,4,9H2,1-3H3,(H,18,19). The van der Waals surface area contributed by atoms with Crippen molar-refractivity contribution in [1.82, 2.24) is 4.98 Å². The second-order valence-electron chi connectivity index (χ2n) is 5.51. The van der Waals surface area contributed by atoms with Gasteiger partial charge in [0.25, 0.3) is 0 Å². The van der Waals surface area contributed by atoms with E-state index in [1.807, 2.05) is 5.38 Å². The van der Waals surface area contributed by atoms with Gasteiger partial charge >= 0.3 is 5.97 Å². The third-order valence-corrected chi connectivity index (χ3v) is 4.55. The van der Waals surface area contributed by atoms with E-state index in [-0.39, 0.29) is 11.8 Å². The van der Waals surface area contributed by atoms with Crippen LogP contribution >= 0.6 is 11.3 Å². The highest BCUT2D eigenvalue weighted by Gasteiger charge is 2.17. The van der Waals surface area contributed by atoms with Crippen molar-refractivity contribution in [3.63, 3.8) is 0 Å². The van der Waals surface area contributed by atoms with Gasteiger partial charge in [0.15, 0.2) is 0 Å². The summed E-state index contributed by atoms with van der Waals surface area (Å²) in [7, 11) is 0. The fourth-order valence-corrected chi connectivity index (χ4v) is 2.74. The molecular weight excluding hydrogens is 270 g/mol. The number of aromatic nitrogens is 1. The summed E-state index contributed by atoms with van der Waals surface area (Å²) in [5.41, 5.74) is 3.38. The van der Waals surface area contributed by atoms with E-state index in [4.69, 9.17) is 5.11 Å². The highest BCUT2D eigenvalue weighted by molar-refractivity contribution is 7.10. The average Bonchev–Trinajstić information content (AvgIpc) is 2.86. The Morgan fingerprint density at radius 3 is 2.50 bits per heavy atom. The van der Waals surface area contributed by atoms with Gasteiger partial charge in [-0.15, -0.1) is 11.3 Å². The summed E-state index contributed by atoms with van der Waals surface area (Å²) in [5, 5.41) is 11.3. The van der Waals surface area contributed by atoms with Crippen LogP contribution in [-0.2, 0) is 16.6 Å². The van der Waals surface area contributed by atoms with Gasteiger partial charge in [0, 0.05) is 10.9 Å². The van der Waals surface area contributed by atoms with E-state index >= 15 is 0 Å². The number of carboxylic acid groups (broad SMARTS) is 1. The average molecular weight is 289 g/mol. The van der Waals surface area contributed by atoms with Gasteiger partial charge in [-0.05, 0) is 17.4 Å². The molecule has 1 heterocycles. The van der Waals surface area contributed by atoms with Crippen LogP contribution in [0.15, 0.2) is 29.6 Å². The Morgan fingerprint density at radius 2 is 1.95 bits per heavy atom.